The zero-order valence-corrected chi connectivity index (χ0v) is 21.2. The first kappa shape index (κ1) is 25.6. The molecule has 0 saturated carbocycles. The highest BCUT2D eigenvalue weighted by atomic mass is 19.4. The van der Waals surface area contributed by atoms with Crippen LogP contribution in [0.1, 0.15) is 29.6 Å². The van der Waals surface area contributed by atoms with Crippen molar-refractivity contribution in [1.29, 1.82) is 0 Å². The molecule has 38 heavy (non-hydrogen) atoms. The van der Waals surface area contributed by atoms with Crippen molar-refractivity contribution in [3.8, 4) is 5.69 Å². The minimum absolute atomic E-state index is 0.000140. The number of benzene rings is 1. The van der Waals surface area contributed by atoms with Crippen LogP contribution in [0.4, 0.5) is 13.2 Å². The molecule has 1 fully saturated rings. The van der Waals surface area contributed by atoms with E-state index in [0.29, 0.717) is 59.5 Å². The maximum absolute atomic E-state index is 14.4. The third-order valence-electron chi connectivity index (χ3n) is 6.80. The fraction of sp³-hybridized carbons (Fsp3) is 0.400. The maximum Gasteiger partial charge on any atom is 0.450 e. The number of hydrogen-bond acceptors (Lipinski definition) is 6. The summed E-state index contributed by atoms with van der Waals surface area (Å²) in [6.45, 7) is 6.84. The van der Waals surface area contributed by atoms with Gasteiger partial charge in [0.25, 0.3) is 5.56 Å². The highest BCUT2D eigenvalue weighted by molar-refractivity contribution is 5.89. The van der Waals surface area contributed by atoms with Crippen LogP contribution in [0, 0.1) is 6.92 Å². The number of aromatic amines is 1. The number of amides is 1. The second kappa shape index (κ2) is 9.39. The van der Waals surface area contributed by atoms with Gasteiger partial charge in [-0.25, -0.2) is 9.97 Å². The fourth-order valence-corrected chi connectivity index (χ4v) is 4.94. The summed E-state index contributed by atoms with van der Waals surface area (Å²) in [5.74, 6) is -1.39. The number of halogens is 3. The Labute approximate surface area is 215 Å². The molecule has 3 aromatic heterocycles. The molecule has 0 radical (unpaired) electrons. The standard InChI is InChI=1S/C25H27F3N8O2/c1-5-18(37)34-12-15(13-34)22-30-21-20(35(22)10-6-9-33(3)4)23(38)36(24(31-21)25(26,27)28)19-14(2)7-8-17-16(19)11-29-32-17/h5,7-8,11,15H,1,6,9-10,12-13H2,2-4H3,(H,29,32). The van der Waals surface area contributed by atoms with E-state index in [4.69, 9.17) is 0 Å². The molecule has 0 bridgehead atoms. The second-order valence-electron chi connectivity index (χ2n) is 9.73. The van der Waals surface area contributed by atoms with Gasteiger partial charge < -0.3 is 14.4 Å². The average molecular weight is 529 g/mol. The lowest BCUT2D eigenvalue weighted by Gasteiger charge is -2.38. The molecule has 0 unspecified atom stereocenters. The summed E-state index contributed by atoms with van der Waals surface area (Å²) in [6, 6.07) is 3.33. The largest absolute Gasteiger partial charge is 0.450 e. The fourth-order valence-electron chi connectivity index (χ4n) is 4.94. The lowest BCUT2D eigenvalue weighted by molar-refractivity contribution is -0.146. The number of aromatic nitrogens is 6. The van der Waals surface area contributed by atoms with Crippen LogP contribution < -0.4 is 5.56 Å². The maximum atomic E-state index is 14.4. The van der Waals surface area contributed by atoms with E-state index in [1.807, 2.05) is 19.0 Å². The highest BCUT2D eigenvalue weighted by Gasteiger charge is 2.41. The van der Waals surface area contributed by atoms with E-state index in [1.54, 1.807) is 28.5 Å². The Morgan fingerprint density at radius 1 is 1.26 bits per heavy atom. The molecule has 1 aliphatic heterocycles. The van der Waals surface area contributed by atoms with Gasteiger partial charge in [0.05, 0.1) is 23.3 Å². The van der Waals surface area contributed by atoms with Crippen molar-refractivity contribution in [2.45, 2.75) is 32.0 Å². The molecular weight excluding hydrogens is 501 g/mol. The van der Waals surface area contributed by atoms with E-state index in [2.05, 4.69) is 26.7 Å². The number of hydrogen-bond donors (Lipinski definition) is 1. The summed E-state index contributed by atoms with van der Waals surface area (Å²) in [5, 5.41) is 7.07. The van der Waals surface area contributed by atoms with Crippen molar-refractivity contribution in [2.24, 2.45) is 0 Å². The molecule has 10 nitrogen and oxygen atoms in total. The van der Waals surface area contributed by atoms with Gasteiger partial charge in [-0.1, -0.05) is 12.6 Å². The van der Waals surface area contributed by atoms with Gasteiger partial charge in [-0.05, 0) is 51.7 Å². The summed E-state index contributed by atoms with van der Waals surface area (Å²) < 4.78 is 45.4. The zero-order valence-electron chi connectivity index (χ0n) is 21.2. The molecule has 1 aliphatic rings. The van der Waals surface area contributed by atoms with Gasteiger partial charge >= 0.3 is 6.18 Å². The molecule has 1 N–H and O–H groups in total. The Morgan fingerprint density at radius 2 is 2.00 bits per heavy atom. The number of carbonyl (C=O) groups excluding carboxylic acids is 1. The molecule has 4 aromatic rings. The molecule has 1 saturated heterocycles. The van der Waals surface area contributed by atoms with E-state index in [-0.39, 0.29) is 28.7 Å². The Kier molecular flexibility index (Phi) is 6.33. The Balaban J connectivity index is 1.76. The van der Waals surface area contributed by atoms with Gasteiger partial charge in [0.1, 0.15) is 5.82 Å². The summed E-state index contributed by atoms with van der Waals surface area (Å²) >= 11 is 0. The lowest BCUT2D eigenvalue weighted by Crippen LogP contribution is -2.48. The van der Waals surface area contributed by atoms with Gasteiger partial charge in [-0.3, -0.25) is 19.3 Å². The normalized spacial score (nSPS) is 14.6. The summed E-state index contributed by atoms with van der Waals surface area (Å²) in [5.41, 5.74) is -0.0985. The number of rotatable bonds is 7. The topological polar surface area (TPSA) is 105 Å². The SMILES string of the molecule is C=CC(=O)N1CC(c2nc3nc(C(F)(F)F)n(-c4c(C)ccc5[nH]ncc45)c(=O)c3n2CCCN(C)C)C1. The highest BCUT2D eigenvalue weighted by Crippen LogP contribution is 2.34. The number of carbonyl (C=O) groups is 1. The first-order valence-corrected chi connectivity index (χ1v) is 12.1. The number of nitrogens with one attached hydrogen (secondary N) is 1. The number of imidazole rings is 1. The lowest BCUT2D eigenvalue weighted by atomic mass is 9.99. The van der Waals surface area contributed by atoms with Crippen molar-refractivity contribution in [2.75, 3.05) is 33.7 Å². The number of fused-ring (bicyclic) bond motifs is 2. The number of nitrogens with zero attached hydrogens (tertiary/aromatic N) is 7. The predicted molar refractivity (Wildman–Crippen MR) is 135 cm³/mol. The second-order valence-corrected chi connectivity index (χ2v) is 9.73. The van der Waals surface area contributed by atoms with Gasteiger partial charge in [0, 0.05) is 25.0 Å². The average Bonchev–Trinajstić information content (AvgIpc) is 3.43. The molecule has 4 heterocycles. The van der Waals surface area contributed by atoms with Gasteiger partial charge in [0.15, 0.2) is 11.2 Å². The molecule has 1 amide bonds. The van der Waals surface area contributed by atoms with Crippen molar-refractivity contribution in [1.82, 2.24) is 39.1 Å². The van der Waals surface area contributed by atoms with Gasteiger partial charge in [-0.15, -0.1) is 0 Å². The van der Waals surface area contributed by atoms with Crippen molar-refractivity contribution in [3.63, 3.8) is 0 Å². The molecule has 1 aromatic carbocycles. The quantitative estimate of drug-likeness (QED) is 0.370. The predicted octanol–water partition coefficient (Wildman–Crippen LogP) is 2.85. The van der Waals surface area contributed by atoms with E-state index >= 15 is 0 Å². The molecule has 5 rings (SSSR count). The van der Waals surface area contributed by atoms with Crippen LogP contribution in [0.2, 0.25) is 0 Å². The molecule has 0 spiro atoms. The van der Waals surface area contributed by atoms with E-state index in [1.165, 1.54) is 12.3 Å². The van der Waals surface area contributed by atoms with Crippen LogP contribution in [0.5, 0.6) is 0 Å². The minimum Gasteiger partial charge on any atom is -0.338 e. The zero-order chi connectivity index (χ0) is 27.4. The minimum atomic E-state index is -4.93. The van der Waals surface area contributed by atoms with Crippen LogP contribution in [0.3, 0.4) is 0 Å². The molecule has 200 valence electrons. The van der Waals surface area contributed by atoms with Gasteiger partial charge in [-0.2, -0.15) is 18.3 Å². The third-order valence-corrected chi connectivity index (χ3v) is 6.80. The summed E-state index contributed by atoms with van der Waals surface area (Å²) in [7, 11) is 3.83. The molecule has 0 atom stereocenters. The Bertz CT molecular complexity index is 1610. The first-order chi connectivity index (χ1) is 18.0. The van der Waals surface area contributed by atoms with E-state index in [9.17, 15) is 22.8 Å². The van der Waals surface area contributed by atoms with Crippen LogP contribution in [0.25, 0.3) is 27.8 Å². The molecular formula is C25H27F3N8O2. The van der Waals surface area contributed by atoms with Crippen LogP contribution in [-0.4, -0.2) is 78.7 Å². The first-order valence-electron chi connectivity index (χ1n) is 12.1. The number of alkyl halides is 3. The van der Waals surface area contributed by atoms with Gasteiger partial charge in [0.2, 0.25) is 11.7 Å². The van der Waals surface area contributed by atoms with Crippen LogP contribution >= 0.6 is 0 Å². The van der Waals surface area contributed by atoms with E-state index < -0.39 is 17.6 Å². The van der Waals surface area contributed by atoms with Crippen molar-refractivity contribution < 1.29 is 18.0 Å². The van der Waals surface area contributed by atoms with Crippen molar-refractivity contribution >= 4 is 28.0 Å². The van der Waals surface area contributed by atoms with Crippen LogP contribution in [-0.2, 0) is 17.5 Å². The monoisotopic (exact) mass is 528 g/mol. The smallest absolute Gasteiger partial charge is 0.338 e. The molecule has 13 heteroatoms. The summed E-state index contributed by atoms with van der Waals surface area (Å²) in [4.78, 5) is 37.9. The Morgan fingerprint density at radius 3 is 2.66 bits per heavy atom. The van der Waals surface area contributed by atoms with Crippen LogP contribution in [0.15, 0.2) is 35.8 Å². The number of aryl methyl sites for hydroxylation is 2. The third kappa shape index (κ3) is 4.26. The van der Waals surface area contributed by atoms with E-state index in [0.717, 1.165) is 0 Å². The summed E-state index contributed by atoms with van der Waals surface area (Å²) in [6.07, 6.45) is -1.69. The van der Waals surface area contributed by atoms with Crippen molar-refractivity contribution in [3.05, 3.63) is 58.6 Å². The Hall–Kier alpha value is -4.00. The number of H-pyrrole nitrogens is 1. The molecule has 0 aliphatic carbocycles. The number of likely N-dealkylation sites (tertiary alicyclic amines) is 1.